The number of hydrogen-bond donors (Lipinski definition) is 0. The van der Waals surface area contributed by atoms with Crippen LogP contribution in [0.3, 0.4) is 0 Å². The second kappa shape index (κ2) is 2.59. The van der Waals surface area contributed by atoms with Crippen LogP contribution in [-0.2, 0) is 6.42 Å². The zero-order valence-corrected chi connectivity index (χ0v) is 7.28. The maximum Gasteiger partial charge on any atom is 0.158 e. The molecular weight excluding hydrogens is 150 g/mol. The minimum atomic E-state index is 0.890. The molecule has 0 saturated carbocycles. The quantitative estimate of drug-likeness (QED) is 0.636. The van der Waals surface area contributed by atoms with Crippen LogP contribution >= 0.6 is 0 Å². The molecule has 2 aromatic heterocycles. The largest absolute Gasteiger partial charge is 0.221 e. The number of nitrogens with zero attached hydrogens (tertiary/aromatic N) is 3. The topological polar surface area (TPSA) is 30.2 Å². The lowest BCUT2D eigenvalue weighted by molar-refractivity contribution is 0.884. The van der Waals surface area contributed by atoms with Crippen LogP contribution in [0, 0.1) is 6.92 Å². The molecule has 0 aromatic carbocycles. The predicted octanol–water partition coefficient (Wildman–Crippen LogP) is 1.60. The van der Waals surface area contributed by atoms with Crippen LogP contribution in [0.25, 0.3) is 5.65 Å². The first-order valence-corrected chi connectivity index (χ1v) is 4.12. The molecular formula is C9H11N3. The van der Waals surface area contributed by atoms with Crippen molar-refractivity contribution in [3.63, 3.8) is 0 Å². The summed E-state index contributed by atoms with van der Waals surface area (Å²) in [5.74, 6) is 0.907. The second-order valence-corrected chi connectivity index (χ2v) is 2.84. The Hall–Kier alpha value is -1.38. The number of fused-ring (bicyclic) bond motifs is 1. The van der Waals surface area contributed by atoms with Gasteiger partial charge < -0.3 is 0 Å². The standard InChI is InChI=1S/C9H11N3/c1-3-8-10-9-7(2)5-4-6-12(9)11-8/h4-6H,3H2,1-2H3. The van der Waals surface area contributed by atoms with Crippen LogP contribution in [0.15, 0.2) is 18.3 Å². The molecule has 2 heterocycles. The third-order valence-corrected chi connectivity index (χ3v) is 1.92. The lowest BCUT2D eigenvalue weighted by Gasteiger charge is -1.92. The lowest BCUT2D eigenvalue weighted by atomic mass is 10.3. The van der Waals surface area contributed by atoms with E-state index >= 15 is 0 Å². The molecule has 2 aromatic rings. The van der Waals surface area contributed by atoms with Gasteiger partial charge in [-0.1, -0.05) is 13.0 Å². The molecule has 0 fully saturated rings. The number of aryl methyl sites for hydroxylation is 2. The third kappa shape index (κ3) is 0.978. The first-order chi connectivity index (χ1) is 5.81. The first kappa shape index (κ1) is 7.28. The van der Waals surface area contributed by atoms with E-state index in [0.717, 1.165) is 17.9 Å². The molecule has 3 nitrogen and oxygen atoms in total. The van der Waals surface area contributed by atoms with Gasteiger partial charge in [0, 0.05) is 12.6 Å². The molecule has 0 aliphatic carbocycles. The minimum Gasteiger partial charge on any atom is -0.221 e. The van der Waals surface area contributed by atoms with Crippen molar-refractivity contribution in [2.75, 3.05) is 0 Å². The van der Waals surface area contributed by atoms with Crippen molar-refractivity contribution < 1.29 is 0 Å². The summed E-state index contributed by atoms with van der Waals surface area (Å²) in [5.41, 5.74) is 2.14. The van der Waals surface area contributed by atoms with E-state index in [2.05, 4.69) is 17.0 Å². The summed E-state index contributed by atoms with van der Waals surface area (Å²) in [6.07, 6.45) is 2.82. The Morgan fingerprint density at radius 3 is 3.00 bits per heavy atom. The maximum atomic E-state index is 4.38. The summed E-state index contributed by atoms with van der Waals surface area (Å²) in [5, 5.41) is 4.30. The maximum absolute atomic E-state index is 4.38. The average molecular weight is 161 g/mol. The Balaban J connectivity index is 2.74. The van der Waals surface area contributed by atoms with Crippen molar-refractivity contribution in [3.8, 4) is 0 Å². The van der Waals surface area contributed by atoms with Gasteiger partial charge in [-0.25, -0.2) is 9.50 Å². The smallest absolute Gasteiger partial charge is 0.158 e. The fourth-order valence-electron chi connectivity index (χ4n) is 1.23. The molecule has 0 amide bonds. The lowest BCUT2D eigenvalue weighted by Crippen LogP contribution is -1.88. The van der Waals surface area contributed by atoms with Gasteiger partial charge in [0.2, 0.25) is 0 Å². The molecule has 3 heteroatoms. The van der Waals surface area contributed by atoms with E-state index in [1.165, 1.54) is 5.56 Å². The van der Waals surface area contributed by atoms with Crippen LogP contribution in [0.2, 0.25) is 0 Å². The van der Waals surface area contributed by atoms with Crippen LogP contribution in [0.4, 0.5) is 0 Å². The van der Waals surface area contributed by atoms with Gasteiger partial charge in [-0.15, -0.1) is 0 Å². The molecule has 0 bridgehead atoms. The molecule has 2 rings (SSSR count). The fourth-order valence-corrected chi connectivity index (χ4v) is 1.23. The number of aromatic nitrogens is 3. The second-order valence-electron chi connectivity index (χ2n) is 2.84. The van der Waals surface area contributed by atoms with Crippen molar-refractivity contribution in [1.29, 1.82) is 0 Å². The molecule has 12 heavy (non-hydrogen) atoms. The van der Waals surface area contributed by atoms with Gasteiger partial charge in [0.15, 0.2) is 11.5 Å². The van der Waals surface area contributed by atoms with Crippen LogP contribution in [0.5, 0.6) is 0 Å². The molecule has 0 radical (unpaired) electrons. The van der Waals surface area contributed by atoms with Crippen LogP contribution < -0.4 is 0 Å². The van der Waals surface area contributed by atoms with Crippen LogP contribution in [-0.4, -0.2) is 14.6 Å². The highest BCUT2D eigenvalue weighted by Crippen LogP contribution is 2.06. The molecule has 0 saturated heterocycles. The molecule has 0 atom stereocenters. The van der Waals surface area contributed by atoms with Crippen molar-refractivity contribution in [3.05, 3.63) is 29.7 Å². The number of hydrogen-bond acceptors (Lipinski definition) is 2. The number of rotatable bonds is 1. The van der Waals surface area contributed by atoms with E-state index < -0.39 is 0 Å². The molecule has 0 spiro atoms. The highest BCUT2D eigenvalue weighted by molar-refractivity contribution is 5.45. The minimum absolute atomic E-state index is 0.890. The molecule has 0 aliphatic rings. The SMILES string of the molecule is CCc1nc2c(C)cccn2n1. The zero-order valence-electron chi connectivity index (χ0n) is 7.28. The summed E-state index contributed by atoms with van der Waals surface area (Å²) >= 11 is 0. The van der Waals surface area contributed by atoms with E-state index in [0.29, 0.717) is 0 Å². The highest BCUT2D eigenvalue weighted by atomic mass is 15.3. The number of pyridine rings is 1. The van der Waals surface area contributed by atoms with Crippen molar-refractivity contribution in [1.82, 2.24) is 14.6 Å². The van der Waals surface area contributed by atoms with E-state index in [9.17, 15) is 0 Å². The Labute approximate surface area is 71.1 Å². The third-order valence-electron chi connectivity index (χ3n) is 1.92. The Morgan fingerprint density at radius 1 is 1.50 bits per heavy atom. The van der Waals surface area contributed by atoms with Gasteiger partial charge >= 0.3 is 0 Å². The van der Waals surface area contributed by atoms with Gasteiger partial charge in [-0.2, -0.15) is 5.10 Å². The van der Waals surface area contributed by atoms with Crippen molar-refractivity contribution >= 4 is 5.65 Å². The van der Waals surface area contributed by atoms with Gasteiger partial charge in [-0.05, 0) is 18.6 Å². The van der Waals surface area contributed by atoms with Gasteiger partial charge in [0.25, 0.3) is 0 Å². The highest BCUT2D eigenvalue weighted by Gasteiger charge is 2.01. The monoisotopic (exact) mass is 161 g/mol. The summed E-state index contributed by atoms with van der Waals surface area (Å²) in [4.78, 5) is 4.38. The van der Waals surface area contributed by atoms with Gasteiger partial charge in [0.1, 0.15) is 0 Å². The van der Waals surface area contributed by atoms with Gasteiger partial charge in [0.05, 0.1) is 0 Å². The van der Waals surface area contributed by atoms with E-state index in [1.807, 2.05) is 29.8 Å². The molecule has 0 unspecified atom stereocenters. The van der Waals surface area contributed by atoms with E-state index in [4.69, 9.17) is 0 Å². The Morgan fingerprint density at radius 2 is 2.33 bits per heavy atom. The van der Waals surface area contributed by atoms with Gasteiger partial charge in [-0.3, -0.25) is 0 Å². The molecule has 0 aliphatic heterocycles. The van der Waals surface area contributed by atoms with Crippen molar-refractivity contribution in [2.45, 2.75) is 20.3 Å². The van der Waals surface area contributed by atoms with E-state index in [-0.39, 0.29) is 0 Å². The summed E-state index contributed by atoms with van der Waals surface area (Å²) in [7, 11) is 0. The Kier molecular flexibility index (Phi) is 1.57. The van der Waals surface area contributed by atoms with Crippen LogP contribution in [0.1, 0.15) is 18.3 Å². The van der Waals surface area contributed by atoms with Crippen molar-refractivity contribution in [2.24, 2.45) is 0 Å². The average Bonchev–Trinajstić information content (AvgIpc) is 2.49. The molecule has 0 N–H and O–H groups in total. The zero-order chi connectivity index (χ0) is 8.55. The predicted molar refractivity (Wildman–Crippen MR) is 47.1 cm³/mol. The molecule has 62 valence electrons. The Bertz CT molecular complexity index is 403. The fraction of sp³-hybridized carbons (Fsp3) is 0.333. The van der Waals surface area contributed by atoms with E-state index in [1.54, 1.807) is 0 Å². The normalized spacial score (nSPS) is 10.8. The summed E-state index contributed by atoms with van der Waals surface area (Å²) in [6.45, 7) is 4.10. The summed E-state index contributed by atoms with van der Waals surface area (Å²) in [6, 6.07) is 4.03. The summed E-state index contributed by atoms with van der Waals surface area (Å²) < 4.78 is 1.83. The first-order valence-electron chi connectivity index (χ1n) is 4.12.